The van der Waals surface area contributed by atoms with E-state index < -0.39 is 0 Å². The van der Waals surface area contributed by atoms with Crippen molar-refractivity contribution in [2.24, 2.45) is 5.10 Å². The minimum Gasteiger partial charge on any atom is -0.267 e. The van der Waals surface area contributed by atoms with Gasteiger partial charge in [-0.15, -0.1) is 0 Å². The van der Waals surface area contributed by atoms with E-state index in [0.717, 1.165) is 21.2 Å². The molecule has 0 fully saturated rings. The Morgan fingerprint density at radius 2 is 1.86 bits per heavy atom. The fourth-order valence-electron chi connectivity index (χ4n) is 2.03. The van der Waals surface area contributed by atoms with Crippen LogP contribution >= 0.6 is 15.9 Å². The molecule has 0 radical (unpaired) electrons. The number of hydrogen-bond acceptors (Lipinski definition) is 2. The Balaban J connectivity index is 2.00. The highest BCUT2D eigenvalue weighted by atomic mass is 79.9. The lowest BCUT2D eigenvalue weighted by atomic mass is 10.1. The summed E-state index contributed by atoms with van der Waals surface area (Å²) >= 11 is 3.41. The lowest BCUT2D eigenvalue weighted by Crippen LogP contribution is -2.18. The molecule has 0 aliphatic rings. The van der Waals surface area contributed by atoms with Crippen molar-refractivity contribution in [1.29, 1.82) is 0 Å². The van der Waals surface area contributed by atoms with E-state index in [-0.39, 0.29) is 5.91 Å². The number of hydrazone groups is 1. The molecule has 2 rings (SSSR count). The number of halogens is 1. The van der Waals surface area contributed by atoms with Crippen LogP contribution in [0.1, 0.15) is 27.0 Å². The zero-order chi connectivity index (χ0) is 15.9. The Kier molecular flexibility index (Phi) is 5.67. The molecule has 0 aliphatic carbocycles. The normalized spacial score (nSPS) is 11.7. The number of amides is 1. The first kappa shape index (κ1) is 16.2. The summed E-state index contributed by atoms with van der Waals surface area (Å²) < 4.78 is 0.777. The molecule has 0 heterocycles. The lowest BCUT2D eigenvalue weighted by Gasteiger charge is -2.04. The largest absolute Gasteiger partial charge is 0.271 e. The molecule has 0 spiro atoms. The number of carbonyl (C=O) groups is 1. The highest BCUT2D eigenvalue weighted by molar-refractivity contribution is 9.12. The van der Waals surface area contributed by atoms with Crippen molar-refractivity contribution in [3.8, 4) is 0 Å². The van der Waals surface area contributed by atoms with E-state index in [9.17, 15) is 4.79 Å². The maximum Gasteiger partial charge on any atom is 0.271 e. The van der Waals surface area contributed by atoms with Crippen LogP contribution in [0.2, 0.25) is 0 Å². The van der Waals surface area contributed by atoms with Gasteiger partial charge in [0.1, 0.15) is 0 Å². The zero-order valence-electron chi connectivity index (χ0n) is 12.5. The highest BCUT2D eigenvalue weighted by Crippen LogP contribution is 2.11. The summed E-state index contributed by atoms with van der Waals surface area (Å²) in [6, 6.07) is 15.6. The molecule has 3 nitrogen and oxygen atoms in total. The van der Waals surface area contributed by atoms with Gasteiger partial charge in [0.2, 0.25) is 0 Å². The summed E-state index contributed by atoms with van der Waals surface area (Å²) in [6.07, 6.45) is 3.49. The fourth-order valence-corrected chi connectivity index (χ4v) is 2.39. The average molecular weight is 357 g/mol. The van der Waals surface area contributed by atoms with Crippen molar-refractivity contribution in [1.82, 2.24) is 5.43 Å². The summed E-state index contributed by atoms with van der Waals surface area (Å²) in [6.45, 7) is 3.91. The smallest absolute Gasteiger partial charge is 0.267 e. The topological polar surface area (TPSA) is 41.5 Å². The second kappa shape index (κ2) is 7.71. The molecular formula is C18H17BrN2O. The van der Waals surface area contributed by atoms with Gasteiger partial charge in [-0.3, -0.25) is 4.79 Å². The molecule has 0 unspecified atom stereocenters. The Hall–Kier alpha value is -2.20. The molecule has 0 saturated heterocycles. The van der Waals surface area contributed by atoms with Gasteiger partial charge in [0, 0.05) is 10.0 Å². The molecule has 0 bridgehead atoms. The van der Waals surface area contributed by atoms with Crippen molar-refractivity contribution >= 4 is 34.1 Å². The van der Waals surface area contributed by atoms with E-state index in [0.29, 0.717) is 5.56 Å². The van der Waals surface area contributed by atoms with E-state index in [1.165, 1.54) is 0 Å². The number of allylic oxidation sites excluding steroid dienone is 1. The van der Waals surface area contributed by atoms with Crippen LogP contribution in [0.5, 0.6) is 0 Å². The molecule has 0 aromatic heterocycles. The summed E-state index contributed by atoms with van der Waals surface area (Å²) in [5, 5.41) is 3.97. The molecule has 4 heteroatoms. The third kappa shape index (κ3) is 4.67. The van der Waals surface area contributed by atoms with Gasteiger partial charge >= 0.3 is 0 Å². The number of benzene rings is 2. The van der Waals surface area contributed by atoms with Crippen molar-refractivity contribution < 1.29 is 4.79 Å². The molecule has 112 valence electrons. The molecule has 0 saturated carbocycles. The van der Waals surface area contributed by atoms with Crippen LogP contribution in [0.3, 0.4) is 0 Å². The molecule has 2 aromatic carbocycles. The van der Waals surface area contributed by atoms with E-state index in [4.69, 9.17) is 0 Å². The SMILES string of the molecule is Cc1ccc(C(=O)NN=CC(Br)=Cc2ccccc2)c(C)c1. The van der Waals surface area contributed by atoms with Gasteiger partial charge < -0.3 is 0 Å². The van der Waals surface area contributed by atoms with Gasteiger partial charge in [-0.2, -0.15) is 5.10 Å². The lowest BCUT2D eigenvalue weighted by molar-refractivity contribution is 0.0954. The summed E-state index contributed by atoms with van der Waals surface area (Å²) in [7, 11) is 0. The third-order valence-electron chi connectivity index (χ3n) is 3.08. The van der Waals surface area contributed by atoms with Crippen LogP contribution in [0.15, 0.2) is 58.1 Å². The monoisotopic (exact) mass is 356 g/mol. The molecule has 0 atom stereocenters. The Morgan fingerprint density at radius 3 is 2.55 bits per heavy atom. The molecule has 2 aromatic rings. The second-order valence-electron chi connectivity index (χ2n) is 4.96. The first-order valence-electron chi connectivity index (χ1n) is 6.89. The maximum atomic E-state index is 12.1. The van der Waals surface area contributed by atoms with Crippen molar-refractivity contribution in [3.63, 3.8) is 0 Å². The maximum absolute atomic E-state index is 12.1. The standard InChI is InChI=1S/C18H17BrN2O/c1-13-8-9-17(14(2)10-13)18(22)21-20-12-16(19)11-15-6-4-3-5-7-15/h3-12H,1-2H3,(H,21,22). The van der Waals surface area contributed by atoms with Gasteiger partial charge in [-0.25, -0.2) is 5.43 Å². The van der Waals surface area contributed by atoms with Crippen LogP contribution < -0.4 is 5.43 Å². The zero-order valence-corrected chi connectivity index (χ0v) is 14.1. The molecule has 1 N–H and O–H groups in total. The van der Waals surface area contributed by atoms with Crippen LogP contribution in [0, 0.1) is 13.8 Å². The van der Waals surface area contributed by atoms with Gasteiger partial charge in [-0.05, 0) is 53.0 Å². The van der Waals surface area contributed by atoms with E-state index in [2.05, 4.69) is 26.5 Å². The average Bonchev–Trinajstić information content (AvgIpc) is 2.48. The predicted octanol–water partition coefficient (Wildman–Crippen LogP) is 4.46. The van der Waals surface area contributed by atoms with Crippen LogP contribution in [-0.2, 0) is 0 Å². The van der Waals surface area contributed by atoms with Crippen LogP contribution in [0.4, 0.5) is 0 Å². The summed E-state index contributed by atoms with van der Waals surface area (Å²) in [5.41, 5.74) is 6.29. The van der Waals surface area contributed by atoms with E-state index >= 15 is 0 Å². The van der Waals surface area contributed by atoms with Crippen LogP contribution in [0.25, 0.3) is 6.08 Å². The molecule has 0 aliphatic heterocycles. The van der Waals surface area contributed by atoms with Crippen molar-refractivity contribution in [3.05, 3.63) is 75.3 Å². The summed E-state index contributed by atoms with van der Waals surface area (Å²) in [4.78, 5) is 12.1. The number of nitrogens with zero attached hydrogens (tertiary/aromatic N) is 1. The molecule has 22 heavy (non-hydrogen) atoms. The predicted molar refractivity (Wildman–Crippen MR) is 95.2 cm³/mol. The minimum absolute atomic E-state index is 0.214. The van der Waals surface area contributed by atoms with Gasteiger partial charge in [-0.1, -0.05) is 48.0 Å². The number of hydrogen-bond donors (Lipinski definition) is 1. The van der Waals surface area contributed by atoms with E-state index in [1.807, 2.05) is 68.5 Å². The second-order valence-corrected chi connectivity index (χ2v) is 5.87. The van der Waals surface area contributed by atoms with Crippen LogP contribution in [-0.4, -0.2) is 12.1 Å². The summed E-state index contributed by atoms with van der Waals surface area (Å²) in [5.74, 6) is -0.214. The third-order valence-corrected chi connectivity index (χ3v) is 3.52. The van der Waals surface area contributed by atoms with Crippen molar-refractivity contribution in [2.45, 2.75) is 13.8 Å². The fraction of sp³-hybridized carbons (Fsp3) is 0.111. The first-order valence-corrected chi connectivity index (χ1v) is 7.68. The quantitative estimate of drug-likeness (QED) is 0.637. The number of carbonyl (C=O) groups excluding carboxylic acids is 1. The number of rotatable bonds is 4. The first-order chi connectivity index (χ1) is 10.6. The highest BCUT2D eigenvalue weighted by Gasteiger charge is 2.07. The molecule has 1 amide bonds. The Bertz CT molecular complexity index is 721. The van der Waals surface area contributed by atoms with Crippen molar-refractivity contribution in [2.75, 3.05) is 0 Å². The minimum atomic E-state index is -0.214. The van der Waals surface area contributed by atoms with Gasteiger partial charge in [0.25, 0.3) is 5.91 Å². The van der Waals surface area contributed by atoms with E-state index in [1.54, 1.807) is 6.21 Å². The molecular weight excluding hydrogens is 340 g/mol. The Labute approximate surface area is 138 Å². The van der Waals surface area contributed by atoms with Gasteiger partial charge in [0.15, 0.2) is 0 Å². The Morgan fingerprint density at radius 1 is 1.14 bits per heavy atom. The number of nitrogens with one attached hydrogen (secondary N) is 1. The number of aryl methyl sites for hydroxylation is 2. The van der Waals surface area contributed by atoms with Gasteiger partial charge in [0.05, 0.1) is 6.21 Å².